The smallest absolute Gasteiger partial charge is 0.331 e. The van der Waals surface area contributed by atoms with Crippen LogP contribution in [0.25, 0.3) is 0 Å². The molecule has 0 amide bonds. The molecule has 0 saturated carbocycles. The van der Waals surface area contributed by atoms with Crippen molar-refractivity contribution in [3.63, 3.8) is 0 Å². The first-order valence-electron chi connectivity index (χ1n) is 7.12. The lowest BCUT2D eigenvalue weighted by molar-refractivity contribution is -0.148. The number of rotatable bonds is 4. The van der Waals surface area contributed by atoms with Gasteiger partial charge in [-0.05, 0) is 17.4 Å². The van der Waals surface area contributed by atoms with Gasteiger partial charge in [0.2, 0.25) is 0 Å². The predicted molar refractivity (Wildman–Crippen MR) is 79.1 cm³/mol. The van der Waals surface area contributed by atoms with Crippen molar-refractivity contribution in [3.8, 4) is 0 Å². The summed E-state index contributed by atoms with van der Waals surface area (Å²) in [5.41, 5.74) is 6.14. The van der Waals surface area contributed by atoms with E-state index in [1.54, 1.807) is 0 Å². The van der Waals surface area contributed by atoms with E-state index in [0.29, 0.717) is 18.4 Å². The summed E-state index contributed by atoms with van der Waals surface area (Å²) in [4.78, 5) is 14.5. The number of carbonyl (C=O) groups excluding carboxylic acids is 1. The molecule has 3 unspecified atom stereocenters. The number of hydrogen-bond acceptors (Lipinski definition) is 4. The molecule has 4 heteroatoms. The van der Waals surface area contributed by atoms with Gasteiger partial charge < -0.3 is 10.5 Å². The largest absolute Gasteiger partial charge is 0.467 e. The molecule has 20 heavy (non-hydrogen) atoms. The van der Waals surface area contributed by atoms with E-state index in [1.165, 1.54) is 7.11 Å². The number of nitrogens with two attached hydrogens (primary N) is 1. The zero-order valence-electron chi connectivity index (χ0n) is 12.5. The summed E-state index contributed by atoms with van der Waals surface area (Å²) in [6, 6.07) is 9.49. The topological polar surface area (TPSA) is 55.6 Å². The van der Waals surface area contributed by atoms with Crippen LogP contribution in [-0.4, -0.2) is 37.6 Å². The molecule has 0 bridgehead atoms. The van der Waals surface area contributed by atoms with E-state index in [4.69, 9.17) is 10.5 Å². The average molecular weight is 276 g/mol. The first-order valence-corrected chi connectivity index (χ1v) is 7.12. The molecule has 4 nitrogen and oxygen atoms in total. The standard InChI is InChI=1S/C16H24N2O2/c1-12-9-18(10-13(12)2)11-16(17,15(19)20-3)14-7-5-4-6-8-14/h4-8,12-13H,9-11,17H2,1-3H3. The lowest BCUT2D eigenvalue weighted by atomic mass is 9.90. The van der Waals surface area contributed by atoms with Crippen molar-refractivity contribution in [3.05, 3.63) is 35.9 Å². The normalized spacial score (nSPS) is 26.2. The van der Waals surface area contributed by atoms with E-state index >= 15 is 0 Å². The maximum Gasteiger partial charge on any atom is 0.331 e. The van der Waals surface area contributed by atoms with Gasteiger partial charge in [-0.1, -0.05) is 44.2 Å². The molecule has 1 aliphatic rings. The molecule has 1 aromatic carbocycles. The van der Waals surface area contributed by atoms with Crippen molar-refractivity contribution in [1.29, 1.82) is 0 Å². The van der Waals surface area contributed by atoms with E-state index < -0.39 is 5.54 Å². The summed E-state index contributed by atoms with van der Waals surface area (Å²) in [6.07, 6.45) is 0. The molecular formula is C16H24N2O2. The molecule has 0 aliphatic carbocycles. The molecule has 1 aromatic rings. The zero-order valence-corrected chi connectivity index (χ0v) is 12.5. The van der Waals surface area contributed by atoms with Crippen LogP contribution in [0, 0.1) is 11.8 Å². The summed E-state index contributed by atoms with van der Waals surface area (Å²) in [7, 11) is 1.39. The van der Waals surface area contributed by atoms with E-state index in [0.717, 1.165) is 18.7 Å². The van der Waals surface area contributed by atoms with E-state index in [2.05, 4.69) is 18.7 Å². The van der Waals surface area contributed by atoms with Gasteiger partial charge in [0.15, 0.2) is 5.54 Å². The first kappa shape index (κ1) is 15.0. The van der Waals surface area contributed by atoms with Gasteiger partial charge >= 0.3 is 5.97 Å². The number of ether oxygens (including phenoxy) is 1. The lowest BCUT2D eigenvalue weighted by Gasteiger charge is -2.31. The second-order valence-corrected chi connectivity index (χ2v) is 5.98. The highest BCUT2D eigenvalue weighted by Gasteiger charge is 2.41. The maximum absolute atomic E-state index is 12.2. The van der Waals surface area contributed by atoms with Crippen molar-refractivity contribution in [2.45, 2.75) is 19.4 Å². The summed E-state index contributed by atoms with van der Waals surface area (Å²) in [5, 5.41) is 0. The summed E-state index contributed by atoms with van der Waals surface area (Å²) >= 11 is 0. The second-order valence-electron chi connectivity index (χ2n) is 5.98. The summed E-state index contributed by atoms with van der Waals surface area (Å²) < 4.78 is 4.94. The maximum atomic E-state index is 12.2. The van der Waals surface area contributed by atoms with Crippen LogP contribution in [0.15, 0.2) is 30.3 Å². The Bertz CT molecular complexity index is 453. The van der Waals surface area contributed by atoms with Gasteiger partial charge in [-0.25, -0.2) is 4.79 Å². The molecule has 3 atom stereocenters. The summed E-state index contributed by atoms with van der Waals surface area (Å²) in [5.74, 6) is 0.885. The van der Waals surface area contributed by atoms with Gasteiger partial charge in [-0.2, -0.15) is 0 Å². The third-order valence-electron chi connectivity index (χ3n) is 4.38. The Morgan fingerprint density at radius 2 is 1.85 bits per heavy atom. The van der Waals surface area contributed by atoms with Gasteiger partial charge in [0.1, 0.15) is 0 Å². The quantitative estimate of drug-likeness (QED) is 0.849. The number of likely N-dealkylation sites (tertiary alicyclic amines) is 1. The van der Waals surface area contributed by atoms with Crippen molar-refractivity contribution >= 4 is 5.97 Å². The van der Waals surface area contributed by atoms with Crippen LogP contribution in [0.2, 0.25) is 0 Å². The fourth-order valence-corrected chi connectivity index (χ4v) is 2.92. The number of benzene rings is 1. The monoisotopic (exact) mass is 276 g/mol. The van der Waals surface area contributed by atoms with Crippen molar-refractivity contribution in [1.82, 2.24) is 4.90 Å². The molecule has 2 N–H and O–H groups in total. The fraction of sp³-hybridized carbons (Fsp3) is 0.562. The molecule has 110 valence electrons. The Morgan fingerprint density at radius 1 is 1.30 bits per heavy atom. The van der Waals surface area contributed by atoms with Crippen LogP contribution in [0.5, 0.6) is 0 Å². The summed E-state index contributed by atoms with van der Waals surface area (Å²) in [6.45, 7) is 6.93. The number of nitrogens with zero attached hydrogens (tertiary/aromatic N) is 1. The minimum Gasteiger partial charge on any atom is -0.467 e. The van der Waals surface area contributed by atoms with Crippen LogP contribution in [-0.2, 0) is 15.1 Å². The van der Waals surface area contributed by atoms with Gasteiger partial charge in [0.05, 0.1) is 7.11 Å². The third-order valence-corrected chi connectivity index (χ3v) is 4.38. The first-order chi connectivity index (χ1) is 9.47. The molecule has 0 spiro atoms. The van der Waals surface area contributed by atoms with Gasteiger partial charge in [-0.3, -0.25) is 4.90 Å². The second kappa shape index (κ2) is 5.94. The Hall–Kier alpha value is -1.39. The highest BCUT2D eigenvalue weighted by Crippen LogP contribution is 2.27. The van der Waals surface area contributed by atoms with E-state index in [1.807, 2.05) is 30.3 Å². The van der Waals surface area contributed by atoms with Crippen molar-refractivity contribution in [2.75, 3.05) is 26.7 Å². The molecule has 0 aromatic heterocycles. The van der Waals surface area contributed by atoms with Crippen LogP contribution >= 0.6 is 0 Å². The van der Waals surface area contributed by atoms with Gasteiger partial charge in [-0.15, -0.1) is 0 Å². The van der Waals surface area contributed by atoms with Gasteiger partial charge in [0.25, 0.3) is 0 Å². The Balaban J connectivity index is 2.23. The molecule has 1 heterocycles. The van der Waals surface area contributed by atoms with Crippen LogP contribution in [0.1, 0.15) is 19.4 Å². The number of methoxy groups -OCH3 is 1. The van der Waals surface area contributed by atoms with Crippen LogP contribution < -0.4 is 5.73 Å². The Kier molecular flexibility index (Phi) is 4.45. The predicted octanol–water partition coefficient (Wildman–Crippen LogP) is 1.60. The minimum absolute atomic E-state index is 0.379. The Labute approximate surface area is 120 Å². The van der Waals surface area contributed by atoms with Crippen LogP contribution in [0.4, 0.5) is 0 Å². The highest BCUT2D eigenvalue weighted by atomic mass is 16.5. The van der Waals surface area contributed by atoms with E-state index in [-0.39, 0.29) is 5.97 Å². The number of carbonyl (C=O) groups is 1. The van der Waals surface area contributed by atoms with Crippen molar-refractivity contribution < 1.29 is 9.53 Å². The van der Waals surface area contributed by atoms with Crippen LogP contribution in [0.3, 0.4) is 0 Å². The van der Waals surface area contributed by atoms with Gasteiger partial charge in [0, 0.05) is 19.6 Å². The SMILES string of the molecule is COC(=O)C(N)(CN1CC(C)C(C)C1)c1ccccc1. The molecule has 1 saturated heterocycles. The fourth-order valence-electron chi connectivity index (χ4n) is 2.92. The Morgan fingerprint density at radius 3 is 2.35 bits per heavy atom. The molecule has 2 rings (SSSR count). The lowest BCUT2D eigenvalue weighted by Crippen LogP contribution is -2.53. The van der Waals surface area contributed by atoms with Crippen molar-refractivity contribution in [2.24, 2.45) is 17.6 Å². The molecule has 1 aliphatic heterocycles. The highest BCUT2D eigenvalue weighted by molar-refractivity contribution is 5.82. The molecule has 0 radical (unpaired) electrons. The molecular weight excluding hydrogens is 252 g/mol. The number of esters is 1. The molecule has 1 fully saturated rings. The zero-order chi connectivity index (χ0) is 14.8. The third kappa shape index (κ3) is 2.86. The number of hydrogen-bond donors (Lipinski definition) is 1. The average Bonchev–Trinajstić information content (AvgIpc) is 2.77. The van der Waals surface area contributed by atoms with E-state index in [9.17, 15) is 4.79 Å². The minimum atomic E-state index is -1.10.